The van der Waals surface area contributed by atoms with E-state index in [4.69, 9.17) is 0 Å². The van der Waals surface area contributed by atoms with Crippen molar-refractivity contribution in [2.45, 2.75) is 52.0 Å². The molecule has 1 saturated heterocycles. The van der Waals surface area contributed by atoms with E-state index in [1.54, 1.807) is 6.20 Å². The Labute approximate surface area is 178 Å². The Morgan fingerprint density at radius 2 is 1.77 bits per heavy atom. The van der Waals surface area contributed by atoms with Crippen LogP contribution in [0.4, 0.5) is 0 Å². The number of pyridine rings is 1. The second kappa shape index (κ2) is 8.05. The van der Waals surface area contributed by atoms with Gasteiger partial charge in [-0.3, -0.25) is 14.5 Å². The summed E-state index contributed by atoms with van der Waals surface area (Å²) in [5.41, 5.74) is 4.88. The van der Waals surface area contributed by atoms with Crippen molar-refractivity contribution in [1.29, 1.82) is 0 Å². The smallest absolute Gasteiger partial charge is 0.272 e. The van der Waals surface area contributed by atoms with E-state index in [0.29, 0.717) is 11.6 Å². The monoisotopic (exact) mass is 402 g/mol. The van der Waals surface area contributed by atoms with Crippen molar-refractivity contribution in [3.63, 3.8) is 0 Å². The summed E-state index contributed by atoms with van der Waals surface area (Å²) in [6, 6.07) is 12.5. The summed E-state index contributed by atoms with van der Waals surface area (Å²) in [5, 5.41) is 4.51. The van der Waals surface area contributed by atoms with Gasteiger partial charge in [-0.2, -0.15) is 5.10 Å². The van der Waals surface area contributed by atoms with Gasteiger partial charge in [0, 0.05) is 31.0 Å². The second-order valence-electron chi connectivity index (χ2n) is 9.21. The van der Waals surface area contributed by atoms with E-state index >= 15 is 0 Å². The quantitative estimate of drug-likeness (QED) is 0.617. The van der Waals surface area contributed by atoms with E-state index in [2.05, 4.69) is 55.1 Å². The number of rotatable bonds is 3. The van der Waals surface area contributed by atoms with Gasteiger partial charge in [-0.1, -0.05) is 30.3 Å². The molecule has 5 heteroatoms. The lowest BCUT2D eigenvalue weighted by Crippen LogP contribution is -2.38. The number of amides is 1. The standard InChI is InChI=1S/C25H30N4O/c1-18-15-26-23(14-22(18)21-16-27-29(17-21)25(2,3)4)24(30)28-12-10-20(11-13-28)19-8-6-5-7-9-19/h5-9,14-17,20H,10-13H2,1-4H3. The van der Waals surface area contributed by atoms with Gasteiger partial charge in [-0.25, -0.2) is 0 Å². The molecule has 1 aliphatic rings. The van der Waals surface area contributed by atoms with Crippen LogP contribution in [-0.2, 0) is 5.54 Å². The Hall–Kier alpha value is -2.95. The topological polar surface area (TPSA) is 51.0 Å². The molecule has 3 heterocycles. The fourth-order valence-electron chi connectivity index (χ4n) is 4.08. The first-order valence-corrected chi connectivity index (χ1v) is 10.7. The highest BCUT2D eigenvalue weighted by molar-refractivity contribution is 5.93. The van der Waals surface area contributed by atoms with Crippen LogP contribution in [0.1, 0.15) is 61.1 Å². The van der Waals surface area contributed by atoms with Crippen molar-refractivity contribution < 1.29 is 4.79 Å². The van der Waals surface area contributed by atoms with E-state index in [0.717, 1.165) is 42.6 Å². The van der Waals surface area contributed by atoms with Gasteiger partial charge in [-0.15, -0.1) is 0 Å². The molecule has 156 valence electrons. The summed E-state index contributed by atoms with van der Waals surface area (Å²) in [4.78, 5) is 19.5. The highest BCUT2D eigenvalue weighted by atomic mass is 16.2. The SMILES string of the molecule is Cc1cnc(C(=O)N2CCC(c3ccccc3)CC2)cc1-c1cnn(C(C)(C)C)c1. The van der Waals surface area contributed by atoms with E-state index in [1.807, 2.05) is 41.0 Å². The predicted molar refractivity (Wildman–Crippen MR) is 120 cm³/mol. The Morgan fingerprint density at radius 3 is 2.40 bits per heavy atom. The normalized spacial score (nSPS) is 15.4. The number of piperidine rings is 1. The maximum absolute atomic E-state index is 13.1. The van der Waals surface area contributed by atoms with Gasteiger partial charge < -0.3 is 4.90 Å². The van der Waals surface area contributed by atoms with Crippen LogP contribution in [0.2, 0.25) is 0 Å². The lowest BCUT2D eigenvalue weighted by Gasteiger charge is -2.32. The molecule has 1 aromatic carbocycles. The summed E-state index contributed by atoms with van der Waals surface area (Å²) in [7, 11) is 0. The molecule has 30 heavy (non-hydrogen) atoms. The lowest BCUT2D eigenvalue weighted by molar-refractivity contribution is 0.0707. The first-order valence-electron chi connectivity index (χ1n) is 10.7. The number of aromatic nitrogens is 3. The zero-order chi connectivity index (χ0) is 21.3. The molecule has 1 amide bonds. The molecule has 0 saturated carbocycles. The van der Waals surface area contributed by atoms with Gasteiger partial charge in [0.05, 0.1) is 11.7 Å². The molecule has 1 aliphatic heterocycles. The fraction of sp³-hybridized carbons (Fsp3) is 0.400. The number of carbonyl (C=O) groups is 1. The van der Waals surface area contributed by atoms with Crippen LogP contribution in [0.5, 0.6) is 0 Å². The minimum Gasteiger partial charge on any atom is -0.337 e. The Kier molecular flexibility index (Phi) is 5.46. The average Bonchev–Trinajstić information content (AvgIpc) is 3.25. The summed E-state index contributed by atoms with van der Waals surface area (Å²) >= 11 is 0. The fourth-order valence-corrected chi connectivity index (χ4v) is 4.08. The molecule has 0 N–H and O–H groups in total. The molecule has 1 fully saturated rings. The number of likely N-dealkylation sites (tertiary alicyclic amines) is 1. The summed E-state index contributed by atoms with van der Waals surface area (Å²) in [5.74, 6) is 0.547. The van der Waals surface area contributed by atoms with Crippen LogP contribution in [-0.4, -0.2) is 38.7 Å². The van der Waals surface area contributed by atoms with Crippen molar-refractivity contribution >= 4 is 5.91 Å². The van der Waals surface area contributed by atoms with E-state index < -0.39 is 0 Å². The number of benzene rings is 1. The first-order chi connectivity index (χ1) is 14.3. The van der Waals surface area contributed by atoms with Gasteiger partial charge in [0.15, 0.2) is 0 Å². The van der Waals surface area contributed by atoms with Crippen LogP contribution in [0, 0.1) is 6.92 Å². The molecule has 5 nitrogen and oxygen atoms in total. The molecule has 3 aromatic rings. The zero-order valence-electron chi connectivity index (χ0n) is 18.3. The molecule has 0 aliphatic carbocycles. The van der Waals surface area contributed by atoms with Crippen LogP contribution in [0.3, 0.4) is 0 Å². The third kappa shape index (κ3) is 4.16. The highest BCUT2D eigenvalue weighted by Crippen LogP contribution is 2.29. The summed E-state index contributed by atoms with van der Waals surface area (Å²) in [6.07, 6.45) is 7.70. The summed E-state index contributed by atoms with van der Waals surface area (Å²) < 4.78 is 1.96. The molecular weight excluding hydrogens is 372 g/mol. The van der Waals surface area contributed by atoms with E-state index in [1.165, 1.54) is 5.56 Å². The van der Waals surface area contributed by atoms with E-state index in [9.17, 15) is 4.79 Å². The average molecular weight is 403 g/mol. The Bertz CT molecular complexity index is 1020. The molecule has 0 radical (unpaired) electrons. The van der Waals surface area contributed by atoms with Crippen LogP contribution in [0.15, 0.2) is 55.0 Å². The minimum absolute atomic E-state index is 0.0194. The van der Waals surface area contributed by atoms with Gasteiger partial charge in [0.25, 0.3) is 5.91 Å². The maximum Gasteiger partial charge on any atom is 0.272 e. The van der Waals surface area contributed by atoms with Crippen molar-refractivity contribution in [3.05, 3.63) is 71.8 Å². The largest absolute Gasteiger partial charge is 0.337 e. The zero-order valence-corrected chi connectivity index (χ0v) is 18.3. The molecule has 4 rings (SSSR count). The number of aryl methyl sites for hydroxylation is 1. The van der Waals surface area contributed by atoms with Crippen molar-refractivity contribution in [2.75, 3.05) is 13.1 Å². The maximum atomic E-state index is 13.1. The Balaban J connectivity index is 1.50. The van der Waals surface area contributed by atoms with Gasteiger partial charge >= 0.3 is 0 Å². The molecular formula is C25H30N4O. The number of hydrogen-bond acceptors (Lipinski definition) is 3. The predicted octanol–water partition coefficient (Wildman–Crippen LogP) is 5.03. The first kappa shape index (κ1) is 20.3. The Morgan fingerprint density at radius 1 is 1.07 bits per heavy atom. The van der Waals surface area contributed by atoms with Gasteiger partial charge in [0.2, 0.25) is 0 Å². The third-order valence-electron chi connectivity index (χ3n) is 5.96. The molecule has 0 spiro atoms. The van der Waals surface area contributed by atoms with Gasteiger partial charge in [0.1, 0.15) is 5.69 Å². The van der Waals surface area contributed by atoms with Crippen molar-refractivity contribution in [2.24, 2.45) is 0 Å². The van der Waals surface area contributed by atoms with Crippen LogP contribution in [0.25, 0.3) is 11.1 Å². The number of carbonyl (C=O) groups excluding carboxylic acids is 1. The van der Waals surface area contributed by atoms with Crippen LogP contribution >= 0.6 is 0 Å². The third-order valence-corrected chi connectivity index (χ3v) is 5.96. The molecule has 2 aromatic heterocycles. The van der Waals surface area contributed by atoms with E-state index in [-0.39, 0.29) is 11.4 Å². The van der Waals surface area contributed by atoms with Crippen LogP contribution < -0.4 is 0 Å². The van der Waals surface area contributed by atoms with Crippen molar-refractivity contribution in [3.8, 4) is 11.1 Å². The molecule has 0 bridgehead atoms. The highest BCUT2D eigenvalue weighted by Gasteiger charge is 2.26. The van der Waals surface area contributed by atoms with Crippen molar-refractivity contribution in [1.82, 2.24) is 19.7 Å². The lowest BCUT2D eigenvalue weighted by atomic mass is 9.89. The second-order valence-corrected chi connectivity index (χ2v) is 9.21. The number of hydrogen-bond donors (Lipinski definition) is 0. The minimum atomic E-state index is -0.0824. The summed E-state index contributed by atoms with van der Waals surface area (Å²) in [6.45, 7) is 9.93. The number of nitrogens with zero attached hydrogens (tertiary/aromatic N) is 4. The van der Waals surface area contributed by atoms with Gasteiger partial charge in [-0.05, 0) is 69.2 Å². The molecule has 0 unspecified atom stereocenters. The molecule has 0 atom stereocenters.